The van der Waals surface area contributed by atoms with Crippen LogP contribution in [0.3, 0.4) is 0 Å². The molecule has 6 aromatic rings. The molecule has 0 aliphatic carbocycles. The normalized spacial score (nSPS) is 11.6. The largest absolute Gasteiger partial charge is 0.497 e. The van der Waals surface area contributed by atoms with Gasteiger partial charge in [-0.05, 0) is 72.8 Å². The topological polar surface area (TPSA) is 92.0 Å². The van der Waals surface area contributed by atoms with Gasteiger partial charge in [-0.2, -0.15) is 0 Å². The zero-order valence-electron chi connectivity index (χ0n) is 24.5. The van der Waals surface area contributed by atoms with Crippen LogP contribution in [0.15, 0.2) is 72.8 Å². The first-order valence-electron chi connectivity index (χ1n) is 14.3. The fourth-order valence-electron chi connectivity index (χ4n) is 5.48. The van der Waals surface area contributed by atoms with E-state index in [-0.39, 0.29) is 0 Å². The van der Waals surface area contributed by atoms with E-state index < -0.39 is 0 Å². The molecule has 0 amide bonds. The molecule has 8 nitrogen and oxygen atoms in total. The Morgan fingerprint density at radius 1 is 0.591 bits per heavy atom. The molecule has 0 radical (unpaired) electrons. The lowest BCUT2D eigenvalue weighted by atomic mass is 10.0. The molecule has 0 saturated heterocycles. The number of anilines is 2. The number of benzene rings is 4. The number of methoxy groups -OCH3 is 2. The number of pyridine rings is 2. The second kappa shape index (κ2) is 13.4. The highest BCUT2D eigenvalue weighted by Crippen LogP contribution is 2.45. The second-order valence-electron chi connectivity index (χ2n) is 10.2. The number of aromatic nitrogens is 2. The summed E-state index contributed by atoms with van der Waals surface area (Å²) in [7, 11) is 3.32. The standard InChI is InChI=1S/C34H32Cl2N4O4/c1-41-23-5-9-29-27(19-23)33(25-7-3-21(35)17-31(25)38-29)40(12-14-44-16-15-43-13-11-37)34-26-8-4-22(36)18-32(26)39-30-10-6-24(42-2)20-28(30)34/h3-10,17-20H,11-16,37H2,1-2H3. The molecule has 0 aliphatic heterocycles. The van der Waals surface area contributed by atoms with Crippen molar-refractivity contribution in [2.24, 2.45) is 5.73 Å². The fourth-order valence-corrected chi connectivity index (χ4v) is 5.81. The zero-order valence-corrected chi connectivity index (χ0v) is 26.0. The number of halogens is 2. The Morgan fingerprint density at radius 3 is 1.57 bits per heavy atom. The molecular weight excluding hydrogens is 599 g/mol. The predicted molar refractivity (Wildman–Crippen MR) is 179 cm³/mol. The lowest BCUT2D eigenvalue weighted by Crippen LogP contribution is -2.25. The fraction of sp³-hybridized carbons (Fsp3) is 0.235. The van der Waals surface area contributed by atoms with Crippen LogP contribution >= 0.6 is 23.2 Å². The number of fused-ring (bicyclic) bond motifs is 4. The van der Waals surface area contributed by atoms with Crippen LogP contribution in [-0.4, -0.2) is 63.7 Å². The van der Waals surface area contributed by atoms with E-state index in [1.807, 2.05) is 72.8 Å². The molecule has 44 heavy (non-hydrogen) atoms. The molecule has 2 N–H and O–H groups in total. The third-order valence-electron chi connectivity index (χ3n) is 7.46. The van der Waals surface area contributed by atoms with Gasteiger partial charge in [0.15, 0.2) is 0 Å². The van der Waals surface area contributed by atoms with Gasteiger partial charge in [-0.1, -0.05) is 23.2 Å². The first-order chi connectivity index (χ1) is 21.5. The Bertz CT molecular complexity index is 1840. The van der Waals surface area contributed by atoms with Crippen molar-refractivity contribution in [2.45, 2.75) is 0 Å². The smallest absolute Gasteiger partial charge is 0.119 e. The van der Waals surface area contributed by atoms with Crippen molar-refractivity contribution in [3.05, 3.63) is 82.8 Å². The molecule has 4 aromatic carbocycles. The average Bonchev–Trinajstić information content (AvgIpc) is 3.04. The van der Waals surface area contributed by atoms with Crippen molar-refractivity contribution in [3.8, 4) is 11.5 Å². The average molecular weight is 632 g/mol. The summed E-state index contributed by atoms with van der Waals surface area (Å²) in [6.07, 6.45) is 0. The second-order valence-corrected chi connectivity index (χ2v) is 11.0. The summed E-state index contributed by atoms with van der Waals surface area (Å²) in [5, 5.41) is 4.90. The van der Waals surface area contributed by atoms with Crippen LogP contribution in [0.5, 0.6) is 11.5 Å². The summed E-state index contributed by atoms with van der Waals surface area (Å²) in [4.78, 5) is 12.2. The van der Waals surface area contributed by atoms with Crippen LogP contribution < -0.4 is 20.1 Å². The van der Waals surface area contributed by atoms with Crippen molar-refractivity contribution in [1.29, 1.82) is 0 Å². The molecule has 2 aromatic heterocycles. The number of nitrogens with two attached hydrogens (primary N) is 1. The van der Waals surface area contributed by atoms with Crippen LogP contribution in [-0.2, 0) is 9.47 Å². The highest BCUT2D eigenvalue weighted by Gasteiger charge is 2.23. The van der Waals surface area contributed by atoms with Crippen molar-refractivity contribution in [2.75, 3.05) is 58.6 Å². The third kappa shape index (κ3) is 6.04. The maximum absolute atomic E-state index is 6.48. The Labute approximate surface area is 265 Å². The van der Waals surface area contributed by atoms with Gasteiger partial charge in [-0.25, -0.2) is 9.97 Å². The number of ether oxygens (including phenoxy) is 4. The van der Waals surface area contributed by atoms with Crippen molar-refractivity contribution < 1.29 is 18.9 Å². The van der Waals surface area contributed by atoms with Crippen LogP contribution in [0, 0.1) is 0 Å². The lowest BCUT2D eigenvalue weighted by molar-refractivity contribution is 0.0539. The quantitative estimate of drug-likeness (QED) is 0.109. The molecule has 2 heterocycles. The minimum absolute atomic E-state index is 0.414. The summed E-state index contributed by atoms with van der Waals surface area (Å²) in [6, 6.07) is 23.4. The first kappa shape index (κ1) is 30.1. The van der Waals surface area contributed by atoms with E-state index in [4.69, 9.17) is 57.9 Å². The molecule has 0 fully saturated rings. The van der Waals surface area contributed by atoms with Crippen LogP contribution in [0.25, 0.3) is 43.6 Å². The number of hydrogen-bond acceptors (Lipinski definition) is 8. The van der Waals surface area contributed by atoms with Gasteiger partial charge in [-0.15, -0.1) is 0 Å². The van der Waals surface area contributed by atoms with Gasteiger partial charge in [-0.3, -0.25) is 0 Å². The number of hydrogen-bond donors (Lipinski definition) is 1. The van der Waals surface area contributed by atoms with Crippen molar-refractivity contribution in [3.63, 3.8) is 0 Å². The summed E-state index contributed by atoms with van der Waals surface area (Å²) in [5.74, 6) is 1.44. The van der Waals surface area contributed by atoms with Crippen molar-refractivity contribution >= 4 is 78.2 Å². The summed E-state index contributed by atoms with van der Waals surface area (Å²) >= 11 is 13.0. The van der Waals surface area contributed by atoms with Gasteiger partial charge in [0.05, 0.1) is 74.1 Å². The van der Waals surface area contributed by atoms with E-state index in [0.717, 1.165) is 66.5 Å². The highest BCUT2D eigenvalue weighted by molar-refractivity contribution is 6.32. The summed E-state index contributed by atoms with van der Waals surface area (Å²) in [6.45, 7) is 2.78. The molecule has 6 rings (SSSR count). The molecule has 226 valence electrons. The van der Waals surface area contributed by atoms with Crippen LogP contribution in [0.4, 0.5) is 11.4 Å². The van der Waals surface area contributed by atoms with Gasteiger partial charge in [0, 0.05) is 44.7 Å². The Balaban J connectivity index is 1.64. The van der Waals surface area contributed by atoms with E-state index in [0.29, 0.717) is 49.6 Å². The molecule has 0 spiro atoms. The van der Waals surface area contributed by atoms with E-state index in [2.05, 4.69) is 4.90 Å². The Kier molecular flexibility index (Phi) is 9.16. The molecular formula is C34H32Cl2N4O4. The molecule has 0 bridgehead atoms. The Morgan fingerprint density at radius 2 is 1.09 bits per heavy atom. The maximum Gasteiger partial charge on any atom is 0.119 e. The van der Waals surface area contributed by atoms with E-state index >= 15 is 0 Å². The third-order valence-corrected chi connectivity index (χ3v) is 7.93. The number of nitrogens with zero attached hydrogens (tertiary/aromatic N) is 3. The first-order valence-corrected chi connectivity index (χ1v) is 15.0. The minimum Gasteiger partial charge on any atom is -0.497 e. The van der Waals surface area contributed by atoms with Gasteiger partial charge in [0.2, 0.25) is 0 Å². The van der Waals surface area contributed by atoms with Crippen LogP contribution in [0.1, 0.15) is 0 Å². The monoisotopic (exact) mass is 630 g/mol. The molecule has 0 saturated carbocycles. The predicted octanol–water partition coefficient (Wildman–Crippen LogP) is 7.54. The van der Waals surface area contributed by atoms with Crippen molar-refractivity contribution in [1.82, 2.24) is 9.97 Å². The van der Waals surface area contributed by atoms with E-state index in [1.165, 1.54) is 0 Å². The highest BCUT2D eigenvalue weighted by atomic mass is 35.5. The summed E-state index contributed by atoms with van der Waals surface area (Å²) in [5.41, 5.74) is 10.6. The minimum atomic E-state index is 0.414. The van der Waals surface area contributed by atoms with Gasteiger partial charge >= 0.3 is 0 Å². The molecule has 0 unspecified atom stereocenters. The van der Waals surface area contributed by atoms with Crippen LogP contribution in [0.2, 0.25) is 10.0 Å². The lowest BCUT2D eigenvalue weighted by Gasteiger charge is -2.30. The molecule has 10 heteroatoms. The molecule has 0 aliphatic rings. The van der Waals surface area contributed by atoms with Gasteiger partial charge in [0.1, 0.15) is 11.5 Å². The SMILES string of the molecule is COc1ccc2nc3cc(Cl)ccc3c(N(CCOCCOCCN)c3c4ccc(Cl)cc4nc4ccc(OC)cc34)c2c1. The van der Waals surface area contributed by atoms with Gasteiger partial charge < -0.3 is 29.6 Å². The van der Waals surface area contributed by atoms with Gasteiger partial charge in [0.25, 0.3) is 0 Å². The van der Waals surface area contributed by atoms with E-state index in [1.54, 1.807) is 14.2 Å². The zero-order chi connectivity index (χ0) is 30.6. The number of rotatable bonds is 12. The maximum atomic E-state index is 6.48. The Hall–Kier alpha value is -3.92. The molecule has 0 atom stereocenters. The summed E-state index contributed by atoms with van der Waals surface area (Å²) < 4.78 is 23.0. The van der Waals surface area contributed by atoms with E-state index in [9.17, 15) is 0 Å².